The van der Waals surface area contributed by atoms with Crippen LogP contribution in [0.25, 0.3) is 0 Å². The van der Waals surface area contributed by atoms with Crippen LogP contribution in [0.2, 0.25) is 0 Å². The zero-order chi connectivity index (χ0) is 16.2. The quantitative estimate of drug-likeness (QED) is 0.478. The van der Waals surface area contributed by atoms with Gasteiger partial charge in [0.25, 0.3) is 0 Å². The van der Waals surface area contributed by atoms with E-state index in [2.05, 4.69) is 66.2 Å². The van der Waals surface area contributed by atoms with Crippen molar-refractivity contribution in [2.45, 2.75) is 23.6 Å². The van der Waals surface area contributed by atoms with E-state index in [9.17, 15) is 0 Å². The lowest BCUT2D eigenvalue weighted by atomic mass is 10.2. The smallest absolute Gasteiger partial charge is 0.142 e. The van der Waals surface area contributed by atoms with Crippen LogP contribution in [0.1, 0.15) is 11.1 Å². The molecule has 23 heavy (non-hydrogen) atoms. The van der Waals surface area contributed by atoms with Gasteiger partial charge in [-0.1, -0.05) is 53.2 Å². The molecule has 1 nitrogen and oxygen atoms in total. The third-order valence-corrected chi connectivity index (χ3v) is 5.48. The first-order valence-electron chi connectivity index (χ1n) is 7.39. The molecular weight excluding hydrogens is 368 g/mol. The van der Waals surface area contributed by atoms with E-state index in [4.69, 9.17) is 4.74 Å². The van der Waals surface area contributed by atoms with Crippen LogP contribution in [0, 0.1) is 13.8 Å². The lowest BCUT2D eigenvalue weighted by molar-refractivity contribution is 0.470. The molecule has 0 N–H and O–H groups in total. The molecule has 0 heterocycles. The maximum Gasteiger partial charge on any atom is 0.142 e. The van der Waals surface area contributed by atoms with Gasteiger partial charge in [0, 0.05) is 9.37 Å². The van der Waals surface area contributed by atoms with Gasteiger partial charge in [-0.2, -0.15) is 0 Å². The van der Waals surface area contributed by atoms with Gasteiger partial charge in [-0.25, -0.2) is 0 Å². The van der Waals surface area contributed by atoms with Crippen molar-refractivity contribution in [1.82, 2.24) is 0 Å². The number of ether oxygens (including phenoxy) is 1. The van der Waals surface area contributed by atoms with E-state index in [0.717, 1.165) is 20.9 Å². The molecule has 116 valence electrons. The predicted molar refractivity (Wildman–Crippen MR) is 101 cm³/mol. The lowest BCUT2D eigenvalue weighted by Gasteiger charge is -2.13. The van der Waals surface area contributed by atoms with Crippen molar-refractivity contribution in [3.8, 4) is 11.5 Å². The lowest BCUT2D eigenvalue weighted by Crippen LogP contribution is -1.88. The van der Waals surface area contributed by atoms with Crippen LogP contribution in [-0.4, -0.2) is 0 Å². The van der Waals surface area contributed by atoms with Gasteiger partial charge in [0.05, 0.1) is 4.90 Å². The van der Waals surface area contributed by atoms with Gasteiger partial charge >= 0.3 is 0 Å². The summed E-state index contributed by atoms with van der Waals surface area (Å²) in [5, 5.41) is 0. The molecule has 0 aliphatic carbocycles. The number of rotatable bonds is 4. The summed E-state index contributed by atoms with van der Waals surface area (Å²) in [6.07, 6.45) is 0. The summed E-state index contributed by atoms with van der Waals surface area (Å²) >= 11 is 5.34. The summed E-state index contributed by atoms with van der Waals surface area (Å²) in [5.41, 5.74) is 2.48. The standard InChI is InChI=1S/C20H17BrOS/c1-14-6-10-16(11-7-14)22-19-5-3-4-18(21)20(19)23-17-12-8-15(2)9-13-17/h3-13H,1-2H3. The number of benzene rings is 3. The average Bonchev–Trinajstić information content (AvgIpc) is 2.55. The highest BCUT2D eigenvalue weighted by atomic mass is 79.9. The van der Waals surface area contributed by atoms with E-state index < -0.39 is 0 Å². The summed E-state index contributed by atoms with van der Waals surface area (Å²) in [7, 11) is 0. The molecule has 3 rings (SSSR count). The second-order valence-electron chi connectivity index (χ2n) is 5.40. The summed E-state index contributed by atoms with van der Waals surface area (Å²) in [5.74, 6) is 1.70. The molecule has 0 unspecified atom stereocenters. The molecule has 0 saturated heterocycles. The molecule has 3 aromatic rings. The van der Waals surface area contributed by atoms with Crippen LogP contribution >= 0.6 is 27.7 Å². The highest BCUT2D eigenvalue weighted by Gasteiger charge is 2.11. The summed E-state index contributed by atoms with van der Waals surface area (Å²) < 4.78 is 7.13. The van der Waals surface area contributed by atoms with E-state index in [-0.39, 0.29) is 0 Å². The van der Waals surface area contributed by atoms with Crippen molar-refractivity contribution in [1.29, 1.82) is 0 Å². The minimum absolute atomic E-state index is 0.847. The Morgan fingerprint density at radius 2 is 1.39 bits per heavy atom. The van der Waals surface area contributed by atoms with Gasteiger partial charge in [-0.05, 0) is 66.2 Å². The van der Waals surface area contributed by atoms with Gasteiger partial charge in [0.1, 0.15) is 11.5 Å². The highest BCUT2D eigenvalue weighted by Crippen LogP contribution is 2.41. The van der Waals surface area contributed by atoms with Crippen molar-refractivity contribution >= 4 is 27.7 Å². The van der Waals surface area contributed by atoms with Crippen molar-refractivity contribution in [2.24, 2.45) is 0 Å². The van der Waals surface area contributed by atoms with E-state index in [0.29, 0.717) is 0 Å². The number of halogens is 1. The molecule has 0 aliphatic rings. The third kappa shape index (κ3) is 4.18. The Morgan fingerprint density at radius 1 is 0.783 bits per heavy atom. The minimum atomic E-state index is 0.847. The molecule has 0 aliphatic heterocycles. The fourth-order valence-electron chi connectivity index (χ4n) is 2.13. The van der Waals surface area contributed by atoms with Crippen molar-refractivity contribution in [3.63, 3.8) is 0 Å². The number of hydrogen-bond acceptors (Lipinski definition) is 2. The Kier molecular flexibility index (Phi) is 5.09. The normalized spacial score (nSPS) is 10.6. The maximum absolute atomic E-state index is 6.09. The predicted octanol–water partition coefficient (Wildman–Crippen LogP) is 7.01. The zero-order valence-corrected chi connectivity index (χ0v) is 15.4. The molecule has 0 atom stereocenters. The van der Waals surface area contributed by atoms with Gasteiger partial charge in [0.15, 0.2) is 0 Å². The number of hydrogen-bond donors (Lipinski definition) is 0. The summed E-state index contributed by atoms with van der Waals surface area (Å²) in [6.45, 7) is 4.17. The van der Waals surface area contributed by atoms with Crippen LogP contribution in [0.15, 0.2) is 81.0 Å². The number of aryl methyl sites for hydroxylation is 2. The van der Waals surface area contributed by atoms with Crippen molar-refractivity contribution in [2.75, 3.05) is 0 Å². The molecule has 0 aromatic heterocycles. The molecule has 3 heteroatoms. The molecule has 0 radical (unpaired) electrons. The second kappa shape index (κ2) is 7.24. The molecule has 0 amide bonds. The second-order valence-corrected chi connectivity index (χ2v) is 7.34. The molecular formula is C20H17BrOS. The monoisotopic (exact) mass is 384 g/mol. The summed E-state index contributed by atoms with van der Waals surface area (Å²) in [6, 6.07) is 22.7. The van der Waals surface area contributed by atoms with Gasteiger partial charge in [-0.15, -0.1) is 0 Å². The fraction of sp³-hybridized carbons (Fsp3) is 0.100. The third-order valence-electron chi connectivity index (χ3n) is 3.42. The van der Waals surface area contributed by atoms with Crippen LogP contribution in [0.5, 0.6) is 11.5 Å². The topological polar surface area (TPSA) is 9.23 Å². The Balaban J connectivity index is 1.90. The van der Waals surface area contributed by atoms with Crippen molar-refractivity contribution < 1.29 is 4.74 Å². The molecule has 0 saturated carbocycles. The van der Waals surface area contributed by atoms with E-state index in [1.807, 2.05) is 30.3 Å². The summed E-state index contributed by atoms with van der Waals surface area (Å²) in [4.78, 5) is 2.27. The first-order valence-corrected chi connectivity index (χ1v) is 9.00. The molecule has 3 aromatic carbocycles. The maximum atomic E-state index is 6.09. The molecule has 0 spiro atoms. The van der Waals surface area contributed by atoms with Crippen LogP contribution in [0.3, 0.4) is 0 Å². The van der Waals surface area contributed by atoms with E-state index in [1.165, 1.54) is 16.0 Å². The Bertz CT molecular complexity index is 795. The average molecular weight is 385 g/mol. The first-order chi connectivity index (χ1) is 11.1. The largest absolute Gasteiger partial charge is 0.456 e. The van der Waals surface area contributed by atoms with Gasteiger partial charge < -0.3 is 4.74 Å². The van der Waals surface area contributed by atoms with Crippen LogP contribution in [0.4, 0.5) is 0 Å². The SMILES string of the molecule is Cc1ccc(Oc2cccc(Br)c2Sc2ccc(C)cc2)cc1. The van der Waals surface area contributed by atoms with Crippen LogP contribution < -0.4 is 4.74 Å². The van der Waals surface area contributed by atoms with Gasteiger partial charge in [0.2, 0.25) is 0 Å². The minimum Gasteiger partial charge on any atom is -0.456 e. The fourth-order valence-corrected chi connectivity index (χ4v) is 3.60. The van der Waals surface area contributed by atoms with E-state index >= 15 is 0 Å². The van der Waals surface area contributed by atoms with Crippen molar-refractivity contribution in [3.05, 3.63) is 82.3 Å². The Morgan fingerprint density at radius 3 is 2.04 bits per heavy atom. The van der Waals surface area contributed by atoms with Crippen LogP contribution in [-0.2, 0) is 0 Å². The highest BCUT2D eigenvalue weighted by molar-refractivity contribution is 9.10. The Hall–Kier alpha value is -1.71. The van der Waals surface area contributed by atoms with E-state index in [1.54, 1.807) is 11.8 Å². The first kappa shape index (κ1) is 16.2. The Labute approximate surface area is 149 Å². The molecule has 0 bridgehead atoms. The van der Waals surface area contributed by atoms with Gasteiger partial charge in [-0.3, -0.25) is 0 Å². The molecule has 0 fully saturated rings. The zero-order valence-electron chi connectivity index (χ0n) is 13.0.